The molecule has 0 aromatic carbocycles. The Balaban J connectivity index is 2.44. The molecule has 1 unspecified atom stereocenters. The third-order valence-corrected chi connectivity index (χ3v) is 1.49. The van der Waals surface area contributed by atoms with Crippen LogP contribution in [-0.4, -0.2) is 22.8 Å². The van der Waals surface area contributed by atoms with E-state index in [0.29, 0.717) is 0 Å². The molecule has 0 fully saturated rings. The predicted octanol–water partition coefficient (Wildman–Crippen LogP) is 1.10. The maximum atomic E-state index is 9.29. The molecular formula is C8H13NO. The lowest BCUT2D eigenvalue weighted by atomic mass is 10.3. The monoisotopic (exact) mass is 139 g/mol. The molecule has 0 aromatic heterocycles. The van der Waals surface area contributed by atoms with Crippen molar-refractivity contribution in [3.63, 3.8) is 0 Å². The highest BCUT2D eigenvalue weighted by Crippen LogP contribution is 2.05. The molecule has 1 N–H and O–H groups in total. The second-order valence-corrected chi connectivity index (χ2v) is 2.38. The van der Waals surface area contributed by atoms with Crippen LogP contribution in [0.25, 0.3) is 0 Å². The Bertz CT molecular complexity index is 151. The summed E-state index contributed by atoms with van der Waals surface area (Å²) in [4.78, 5) is 1.90. The van der Waals surface area contributed by atoms with Crippen LogP contribution in [-0.2, 0) is 0 Å². The summed E-state index contributed by atoms with van der Waals surface area (Å²) in [7, 11) is 0. The number of rotatable bonds is 2. The lowest BCUT2D eigenvalue weighted by Crippen LogP contribution is -2.30. The molecule has 0 amide bonds. The first-order chi connectivity index (χ1) is 4.84. The van der Waals surface area contributed by atoms with Crippen LogP contribution in [0.5, 0.6) is 0 Å². The van der Waals surface area contributed by atoms with Gasteiger partial charge in [0, 0.05) is 12.7 Å². The molecule has 56 valence electrons. The summed E-state index contributed by atoms with van der Waals surface area (Å²) in [5, 5.41) is 9.29. The van der Waals surface area contributed by atoms with Crippen LogP contribution in [0.4, 0.5) is 0 Å². The van der Waals surface area contributed by atoms with E-state index in [1.165, 1.54) is 0 Å². The van der Waals surface area contributed by atoms with Crippen molar-refractivity contribution in [3.05, 3.63) is 24.4 Å². The third kappa shape index (κ3) is 1.61. The van der Waals surface area contributed by atoms with E-state index in [4.69, 9.17) is 0 Å². The van der Waals surface area contributed by atoms with Crippen LogP contribution in [0.1, 0.15) is 13.3 Å². The van der Waals surface area contributed by atoms with Crippen LogP contribution in [0.3, 0.4) is 0 Å². The summed E-state index contributed by atoms with van der Waals surface area (Å²) in [6.07, 6.45) is 8.13. The molecule has 0 radical (unpaired) electrons. The smallest absolute Gasteiger partial charge is 0.146 e. The zero-order valence-corrected chi connectivity index (χ0v) is 6.20. The number of nitrogens with zero attached hydrogens (tertiary/aromatic N) is 1. The fourth-order valence-corrected chi connectivity index (χ4v) is 0.988. The van der Waals surface area contributed by atoms with Gasteiger partial charge in [-0.2, -0.15) is 0 Å². The number of allylic oxidation sites excluding steroid dienone is 2. The largest absolute Gasteiger partial charge is 0.370 e. The minimum absolute atomic E-state index is 0.412. The van der Waals surface area contributed by atoms with Gasteiger partial charge in [0.05, 0.1) is 0 Å². The van der Waals surface area contributed by atoms with Crippen molar-refractivity contribution in [2.45, 2.75) is 19.6 Å². The Hall–Kier alpha value is -0.760. The summed E-state index contributed by atoms with van der Waals surface area (Å²) < 4.78 is 0. The SMILES string of the molecule is CCCN1C=CC=CC1O. The average Bonchev–Trinajstić information content (AvgIpc) is 1.94. The van der Waals surface area contributed by atoms with Gasteiger partial charge in [0.2, 0.25) is 0 Å². The number of hydrogen-bond acceptors (Lipinski definition) is 2. The molecule has 0 aromatic rings. The van der Waals surface area contributed by atoms with Crippen molar-refractivity contribution in [2.75, 3.05) is 6.54 Å². The highest BCUT2D eigenvalue weighted by Gasteiger charge is 2.07. The fourth-order valence-electron chi connectivity index (χ4n) is 0.988. The van der Waals surface area contributed by atoms with E-state index in [0.717, 1.165) is 13.0 Å². The lowest BCUT2D eigenvalue weighted by molar-refractivity contribution is 0.0777. The van der Waals surface area contributed by atoms with Crippen LogP contribution in [0, 0.1) is 0 Å². The van der Waals surface area contributed by atoms with Crippen molar-refractivity contribution in [1.29, 1.82) is 0 Å². The van der Waals surface area contributed by atoms with E-state index in [-0.39, 0.29) is 0 Å². The van der Waals surface area contributed by atoms with E-state index in [2.05, 4.69) is 6.92 Å². The Morgan fingerprint density at radius 1 is 1.50 bits per heavy atom. The molecule has 0 saturated heterocycles. The van der Waals surface area contributed by atoms with Gasteiger partial charge in [-0.1, -0.05) is 13.0 Å². The van der Waals surface area contributed by atoms with Crippen LogP contribution in [0.15, 0.2) is 24.4 Å². The molecule has 0 aliphatic carbocycles. The van der Waals surface area contributed by atoms with Gasteiger partial charge in [-0.15, -0.1) is 0 Å². The molecular weight excluding hydrogens is 126 g/mol. The van der Waals surface area contributed by atoms with Gasteiger partial charge in [-0.3, -0.25) is 0 Å². The van der Waals surface area contributed by atoms with Crippen molar-refractivity contribution >= 4 is 0 Å². The highest BCUT2D eigenvalue weighted by atomic mass is 16.3. The summed E-state index contributed by atoms with van der Waals surface area (Å²) in [6, 6.07) is 0. The zero-order chi connectivity index (χ0) is 7.40. The van der Waals surface area contributed by atoms with E-state index in [1.807, 2.05) is 23.3 Å². The van der Waals surface area contributed by atoms with Crippen LogP contribution < -0.4 is 0 Å². The van der Waals surface area contributed by atoms with Crippen LogP contribution >= 0.6 is 0 Å². The summed E-state index contributed by atoms with van der Waals surface area (Å²) >= 11 is 0. The number of aliphatic hydroxyl groups is 1. The standard InChI is InChI=1S/C8H13NO/c1-2-6-9-7-4-3-5-8(9)10/h3-5,7-8,10H,2,6H2,1H3. The molecule has 2 nitrogen and oxygen atoms in total. The lowest BCUT2D eigenvalue weighted by Gasteiger charge is -2.25. The minimum Gasteiger partial charge on any atom is -0.370 e. The molecule has 0 spiro atoms. The first-order valence-corrected chi connectivity index (χ1v) is 3.63. The Kier molecular flexibility index (Phi) is 2.51. The highest BCUT2D eigenvalue weighted by molar-refractivity contribution is 5.10. The topological polar surface area (TPSA) is 23.5 Å². The van der Waals surface area contributed by atoms with Crippen molar-refractivity contribution in [2.24, 2.45) is 0 Å². The number of hydrogen-bond donors (Lipinski definition) is 1. The Morgan fingerprint density at radius 3 is 2.90 bits per heavy atom. The molecule has 10 heavy (non-hydrogen) atoms. The molecule has 0 bridgehead atoms. The average molecular weight is 139 g/mol. The third-order valence-electron chi connectivity index (χ3n) is 1.49. The van der Waals surface area contributed by atoms with Crippen molar-refractivity contribution in [1.82, 2.24) is 4.90 Å². The summed E-state index contributed by atoms with van der Waals surface area (Å²) in [5.74, 6) is 0. The van der Waals surface area contributed by atoms with Gasteiger partial charge in [0.1, 0.15) is 6.23 Å². The molecule has 2 heteroatoms. The van der Waals surface area contributed by atoms with E-state index in [9.17, 15) is 5.11 Å². The van der Waals surface area contributed by atoms with Gasteiger partial charge in [0.25, 0.3) is 0 Å². The van der Waals surface area contributed by atoms with Gasteiger partial charge in [-0.05, 0) is 18.6 Å². The molecule has 0 saturated carbocycles. The minimum atomic E-state index is -0.412. The molecule has 1 aliphatic rings. The van der Waals surface area contributed by atoms with Crippen molar-refractivity contribution < 1.29 is 5.11 Å². The predicted molar refractivity (Wildman–Crippen MR) is 41.3 cm³/mol. The molecule has 1 aliphatic heterocycles. The first kappa shape index (κ1) is 7.35. The zero-order valence-electron chi connectivity index (χ0n) is 6.20. The number of aliphatic hydroxyl groups excluding tert-OH is 1. The van der Waals surface area contributed by atoms with Crippen LogP contribution in [0.2, 0.25) is 0 Å². The van der Waals surface area contributed by atoms with Gasteiger partial charge in [0.15, 0.2) is 0 Å². The summed E-state index contributed by atoms with van der Waals surface area (Å²) in [5.41, 5.74) is 0. The first-order valence-electron chi connectivity index (χ1n) is 3.63. The fraction of sp³-hybridized carbons (Fsp3) is 0.500. The van der Waals surface area contributed by atoms with Gasteiger partial charge < -0.3 is 10.0 Å². The van der Waals surface area contributed by atoms with Gasteiger partial charge in [-0.25, -0.2) is 0 Å². The normalized spacial score (nSPS) is 23.8. The molecule has 1 heterocycles. The van der Waals surface area contributed by atoms with E-state index < -0.39 is 6.23 Å². The summed E-state index contributed by atoms with van der Waals surface area (Å²) in [6.45, 7) is 3.01. The Morgan fingerprint density at radius 2 is 2.30 bits per heavy atom. The second kappa shape index (κ2) is 3.42. The molecule has 1 atom stereocenters. The molecule has 1 rings (SSSR count). The van der Waals surface area contributed by atoms with E-state index in [1.54, 1.807) is 6.08 Å². The van der Waals surface area contributed by atoms with Gasteiger partial charge >= 0.3 is 0 Å². The Labute approximate surface area is 61.5 Å². The second-order valence-electron chi connectivity index (χ2n) is 2.38. The maximum Gasteiger partial charge on any atom is 0.146 e. The maximum absolute atomic E-state index is 9.29. The van der Waals surface area contributed by atoms with Crippen molar-refractivity contribution in [3.8, 4) is 0 Å². The van der Waals surface area contributed by atoms with E-state index >= 15 is 0 Å². The quantitative estimate of drug-likeness (QED) is 0.619.